The van der Waals surface area contributed by atoms with Crippen molar-refractivity contribution in [2.24, 2.45) is 10.6 Å². The number of carbonyl (C=O) groups is 1. The Labute approximate surface area is 235 Å². The molecule has 2 aromatic carbocycles. The number of allylic oxidation sites excluding steroid dienone is 4. The van der Waals surface area contributed by atoms with Crippen LogP contribution in [0.3, 0.4) is 0 Å². The highest BCUT2D eigenvalue weighted by Gasteiger charge is 2.48. The van der Waals surface area contributed by atoms with Crippen LogP contribution in [0.2, 0.25) is 5.02 Å². The molecule has 2 aromatic rings. The first-order valence-electron chi connectivity index (χ1n) is 13.3. The van der Waals surface area contributed by atoms with Gasteiger partial charge in [-0.15, -0.1) is 0 Å². The third-order valence-corrected chi connectivity index (χ3v) is 8.11. The van der Waals surface area contributed by atoms with E-state index in [0.29, 0.717) is 28.5 Å². The van der Waals surface area contributed by atoms with Gasteiger partial charge in [0, 0.05) is 46.8 Å². The first-order chi connectivity index (χ1) is 18.6. The van der Waals surface area contributed by atoms with E-state index in [0.717, 1.165) is 48.3 Å². The number of carbonyl (C=O) groups excluding carboxylic acids is 1. The quantitative estimate of drug-likeness (QED) is 0.239. The normalized spacial score (nSPS) is 24.6. The second-order valence-corrected chi connectivity index (χ2v) is 11.3. The lowest BCUT2D eigenvalue weighted by molar-refractivity contribution is -0.125. The SMILES string of the molecule is C\C=C/C=C1C(=N\O)\COc2ccc(C(C)=O)cc2C\1=C\CCN1CCC(O)(c2ccc(Cl)cc2)C(C)(C)C1. The molecule has 0 aliphatic carbocycles. The number of benzene rings is 2. The van der Waals surface area contributed by atoms with Crippen molar-refractivity contribution in [3.63, 3.8) is 0 Å². The number of rotatable bonds is 6. The summed E-state index contributed by atoms with van der Waals surface area (Å²) in [6, 6.07) is 12.9. The van der Waals surface area contributed by atoms with Gasteiger partial charge < -0.3 is 20.0 Å². The van der Waals surface area contributed by atoms with Gasteiger partial charge in [-0.3, -0.25) is 4.79 Å². The topological polar surface area (TPSA) is 82.4 Å². The Morgan fingerprint density at radius 3 is 2.56 bits per heavy atom. The second-order valence-electron chi connectivity index (χ2n) is 10.9. The molecule has 4 rings (SSSR count). The number of hydrogen-bond acceptors (Lipinski definition) is 6. The van der Waals surface area contributed by atoms with Crippen molar-refractivity contribution in [3.8, 4) is 5.75 Å². The molecule has 0 spiro atoms. The van der Waals surface area contributed by atoms with Crippen LogP contribution in [0.1, 0.15) is 62.0 Å². The zero-order chi connectivity index (χ0) is 28.2. The molecule has 0 bridgehead atoms. The van der Waals surface area contributed by atoms with Crippen LogP contribution >= 0.6 is 11.6 Å². The maximum absolute atomic E-state index is 12.2. The Balaban J connectivity index is 1.61. The summed E-state index contributed by atoms with van der Waals surface area (Å²) in [7, 11) is 0. The number of likely N-dealkylation sites (tertiary alicyclic amines) is 1. The van der Waals surface area contributed by atoms with Gasteiger partial charge in [0.25, 0.3) is 0 Å². The van der Waals surface area contributed by atoms with Crippen molar-refractivity contribution < 1.29 is 19.8 Å². The molecule has 0 radical (unpaired) electrons. The Morgan fingerprint density at radius 2 is 1.92 bits per heavy atom. The molecule has 39 heavy (non-hydrogen) atoms. The molecular formula is C32H37ClN2O4. The molecule has 1 saturated heterocycles. The van der Waals surface area contributed by atoms with Crippen molar-refractivity contribution in [3.05, 3.63) is 94.1 Å². The van der Waals surface area contributed by atoms with Crippen LogP contribution in [0.25, 0.3) is 5.57 Å². The molecule has 1 fully saturated rings. The number of nitrogens with zero attached hydrogens (tertiary/aromatic N) is 2. The van der Waals surface area contributed by atoms with E-state index in [1.54, 1.807) is 19.1 Å². The summed E-state index contributed by atoms with van der Waals surface area (Å²) in [6.45, 7) is 10.1. The largest absolute Gasteiger partial charge is 0.486 e. The number of halogens is 1. The molecule has 1 atom stereocenters. The fraction of sp³-hybridized carbons (Fsp3) is 0.375. The number of Topliss-reactive ketones (excluding diaryl/α,β-unsaturated/α-hetero) is 1. The van der Waals surface area contributed by atoms with E-state index in [4.69, 9.17) is 16.3 Å². The van der Waals surface area contributed by atoms with Crippen LogP contribution < -0.4 is 4.74 Å². The van der Waals surface area contributed by atoms with Gasteiger partial charge in [0.05, 0.1) is 5.60 Å². The molecule has 6 nitrogen and oxygen atoms in total. The van der Waals surface area contributed by atoms with Gasteiger partial charge in [-0.05, 0) is 68.2 Å². The first kappa shape index (κ1) is 28.8. The number of ether oxygens (including phenoxy) is 1. The molecule has 2 aliphatic heterocycles. The molecule has 2 heterocycles. The summed E-state index contributed by atoms with van der Waals surface area (Å²) in [5, 5.41) is 25.7. The average molecular weight is 549 g/mol. The molecule has 1 unspecified atom stereocenters. The minimum absolute atomic E-state index is 0.0276. The maximum Gasteiger partial charge on any atom is 0.159 e. The number of oxime groups is 1. The van der Waals surface area contributed by atoms with Crippen molar-refractivity contribution in [2.45, 2.75) is 46.1 Å². The van der Waals surface area contributed by atoms with E-state index < -0.39 is 5.60 Å². The highest BCUT2D eigenvalue weighted by molar-refractivity contribution is 6.30. The van der Waals surface area contributed by atoms with E-state index in [1.165, 1.54) is 0 Å². The van der Waals surface area contributed by atoms with E-state index >= 15 is 0 Å². The Hall–Kier alpha value is -3.19. The standard InChI is InChI=1S/C32H37ClN2O4/c1-5-6-8-27-26(28-19-23(22(2)36)10-15-30(28)39-20-29(27)34-38)9-7-17-35-18-16-32(37,31(3,4)21-35)24-11-13-25(33)14-12-24/h5-6,8-15,19,37-38H,7,16-18,20-21H2,1-4H3/b6-5-,26-9+,27-8-,34-29+. The molecule has 2 aliphatic rings. The van der Waals surface area contributed by atoms with Crippen LogP contribution in [-0.2, 0) is 5.60 Å². The van der Waals surface area contributed by atoms with Crippen molar-refractivity contribution in [1.29, 1.82) is 0 Å². The van der Waals surface area contributed by atoms with Crippen LogP contribution in [0.5, 0.6) is 5.75 Å². The Kier molecular flexibility index (Phi) is 8.80. The number of piperidine rings is 1. The first-order valence-corrected chi connectivity index (χ1v) is 13.7. The fourth-order valence-corrected chi connectivity index (χ4v) is 5.69. The third kappa shape index (κ3) is 6.03. The Bertz CT molecular complexity index is 1340. The summed E-state index contributed by atoms with van der Waals surface area (Å²) >= 11 is 6.09. The van der Waals surface area contributed by atoms with Crippen LogP contribution in [-0.4, -0.2) is 52.9 Å². The van der Waals surface area contributed by atoms with Gasteiger partial charge in [-0.25, -0.2) is 0 Å². The molecule has 7 heteroatoms. The number of hydrogen-bond donors (Lipinski definition) is 2. The van der Waals surface area contributed by atoms with Crippen molar-refractivity contribution >= 4 is 28.7 Å². The molecular weight excluding hydrogens is 512 g/mol. The van der Waals surface area contributed by atoms with Crippen LogP contribution in [0.15, 0.2) is 77.5 Å². The predicted octanol–water partition coefficient (Wildman–Crippen LogP) is 6.66. The minimum atomic E-state index is -0.942. The van der Waals surface area contributed by atoms with Gasteiger partial charge in [-0.1, -0.05) is 67.0 Å². The lowest BCUT2D eigenvalue weighted by Gasteiger charge is -2.50. The number of ketones is 1. The summed E-state index contributed by atoms with van der Waals surface area (Å²) in [5.74, 6) is 0.614. The molecule has 0 aromatic heterocycles. The van der Waals surface area contributed by atoms with Gasteiger partial charge in [0.1, 0.15) is 18.1 Å². The predicted molar refractivity (Wildman–Crippen MR) is 157 cm³/mol. The summed E-state index contributed by atoms with van der Waals surface area (Å²) in [5.41, 5.74) is 3.01. The third-order valence-electron chi connectivity index (χ3n) is 7.86. The molecule has 206 valence electrons. The maximum atomic E-state index is 12.2. The van der Waals surface area contributed by atoms with E-state index in [1.807, 2.05) is 55.5 Å². The number of aliphatic hydroxyl groups is 1. The Morgan fingerprint density at radius 1 is 1.18 bits per heavy atom. The van der Waals surface area contributed by atoms with E-state index in [9.17, 15) is 15.1 Å². The summed E-state index contributed by atoms with van der Waals surface area (Å²) < 4.78 is 5.97. The smallest absolute Gasteiger partial charge is 0.159 e. The van der Waals surface area contributed by atoms with Crippen molar-refractivity contribution in [2.75, 3.05) is 26.2 Å². The van der Waals surface area contributed by atoms with Gasteiger partial charge in [-0.2, -0.15) is 0 Å². The molecule has 0 saturated carbocycles. The van der Waals surface area contributed by atoms with Gasteiger partial charge >= 0.3 is 0 Å². The monoisotopic (exact) mass is 548 g/mol. The molecule has 2 N–H and O–H groups in total. The average Bonchev–Trinajstić information content (AvgIpc) is 3.05. The number of fused-ring (bicyclic) bond motifs is 1. The second kappa shape index (κ2) is 11.9. The van der Waals surface area contributed by atoms with Crippen molar-refractivity contribution in [1.82, 2.24) is 4.90 Å². The van der Waals surface area contributed by atoms with Crippen LogP contribution in [0.4, 0.5) is 0 Å². The van der Waals surface area contributed by atoms with E-state index in [-0.39, 0.29) is 17.8 Å². The zero-order valence-electron chi connectivity index (χ0n) is 23.1. The summed E-state index contributed by atoms with van der Waals surface area (Å²) in [6.07, 6.45) is 9.20. The lowest BCUT2D eigenvalue weighted by atomic mass is 9.66. The lowest BCUT2D eigenvalue weighted by Crippen LogP contribution is -2.55. The van der Waals surface area contributed by atoms with Crippen LogP contribution in [0, 0.1) is 5.41 Å². The van der Waals surface area contributed by atoms with Gasteiger partial charge in [0.15, 0.2) is 5.78 Å². The summed E-state index contributed by atoms with van der Waals surface area (Å²) in [4.78, 5) is 14.5. The molecule has 0 amide bonds. The van der Waals surface area contributed by atoms with Gasteiger partial charge in [0.2, 0.25) is 0 Å². The minimum Gasteiger partial charge on any atom is -0.486 e. The highest BCUT2D eigenvalue weighted by atomic mass is 35.5. The van der Waals surface area contributed by atoms with E-state index in [2.05, 4.69) is 30.0 Å². The highest BCUT2D eigenvalue weighted by Crippen LogP contribution is 2.46. The zero-order valence-corrected chi connectivity index (χ0v) is 23.8. The fourth-order valence-electron chi connectivity index (χ4n) is 5.56.